The summed E-state index contributed by atoms with van der Waals surface area (Å²) in [5.74, 6) is -0.811. The van der Waals surface area contributed by atoms with Crippen molar-refractivity contribution in [2.45, 2.75) is 6.42 Å². The van der Waals surface area contributed by atoms with Crippen molar-refractivity contribution >= 4 is 33.1 Å². The van der Waals surface area contributed by atoms with Gasteiger partial charge in [-0.05, 0) is 22.0 Å². The third-order valence-corrected chi connectivity index (χ3v) is 1.99. The molecule has 0 spiro atoms. The second-order valence-corrected chi connectivity index (χ2v) is 3.57. The van der Waals surface area contributed by atoms with Crippen LogP contribution in [0.4, 0.5) is 0 Å². The van der Waals surface area contributed by atoms with Crippen LogP contribution in [0, 0.1) is 0 Å². The minimum absolute atomic E-state index is 0.165. The number of halogens is 1. The summed E-state index contributed by atoms with van der Waals surface area (Å²) in [7, 11) is 0. The zero-order chi connectivity index (χ0) is 10.1. The Bertz CT molecular complexity index is 494. The lowest BCUT2D eigenvalue weighted by molar-refractivity contribution is -0.136. The quantitative estimate of drug-likeness (QED) is 0.884. The van der Waals surface area contributed by atoms with Crippen LogP contribution in [0.3, 0.4) is 0 Å². The standard InChI is InChI=1S/C8H5BrN2O3/c9-4-1-5-8(10-3-4)14-6(11-5)2-7(12)13/h1,3H,2H2,(H,12,13). The van der Waals surface area contributed by atoms with E-state index in [2.05, 4.69) is 25.9 Å². The highest BCUT2D eigenvalue weighted by atomic mass is 79.9. The molecule has 5 nitrogen and oxygen atoms in total. The summed E-state index contributed by atoms with van der Waals surface area (Å²) in [4.78, 5) is 18.3. The van der Waals surface area contributed by atoms with E-state index >= 15 is 0 Å². The van der Waals surface area contributed by atoms with Gasteiger partial charge in [0.15, 0.2) is 0 Å². The molecule has 14 heavy (non-hydrogen) atoms. The number of nitrogens with zero attached hydrogens (tertiary/aromatic N) is 2. The third kappa shape index (κ3) is 1.74. The van der Waals surface area contributed by atoms with Gasteiger partial charge in [-0.2, -0.15) is 0 Å². The number of aliphatic carboxylic acids is 1. The first-order valence-electron chi connectivity index (χ1n) is 3.78. The number of carboxylic acid groups (broad SMARTS) is 1. The van der Waals surface area contributed by atoms with Gasteiger partial charge in [0, 0.05) is 10.7 Å². The molecule has 0 aliphatic heterocycles. The number of carbonyl (C=O) groups is 1. The first-order valence-corrected chi connectivity index (χ1v) is 4.57. The largest absolute Gasteiger partial charge is 0.481 e. The summed E-state index contributed by atoms with van der Waals surface area (Å²) >= 11 is 3.23. The van der Waals surface area contributed by atoms with Gasteiger partial charge in [0.1, 0.15) is 11.9 Å². The van der Waals surface area contributed by atoms with Crippen LogP contribution in [-0.4, -0.2) is 21.0 Å². The Morgan fingerprint density at radius 3 is 3.14 bits per heavy atom. The predicted molar refractivity (Wildman–Crippen MR) is 50.8 cm³/mol. The molecular weight excluding hydrogens is 252 g/mol. The summed E-state index contributed by atoms with van der Waals surface area (Å²) in [5.41, 5.74) is 0.903. The van der Waals surface area contributed by atoms with E-state index < -0.39 is 5.97 Å². The fraction of sp³-hybridized carbons (Fsp3) is 0.125. The van der Waals surface area contributed by atoms with E-state index in [0.717, 1.165) is 4.47 Å². The van der Waals surface area contributed by atoms with Crippen molar-refractivity contribution in [1.82, 2.24) is 9.97 Å². The maximum Gasteiger partial charge on any atom is 0.312 e. The van der Waals surface area contributed by atoms with Crippen LogP contribution in [0.5, 0.6) is 0 Å². The molecular formula is C8H5BrN2O3. The van der Waals surface area contributed by atoms with Gasteiger partial charge < -0.3 is 9.52 Å². The first kappa shape index (κ1) is 9.14. The van der Waals surface area contributed by atoms with E-state index in [-0.39, 0.29) is 12.3 Å². The molecule has 2 heterocycles. The number of hydrogen-bond donors (Lipinski definition) is 1. The van der Waals surface area contributed by atoms with Crippen LogP contribution in [0.1, 0.15) is 5.89 Å². The van der Waals surface area contributed by atoms with Gasteiger partial charge in [0.25, 0.3) is 0 Å². The highest BCUT2D eigenvalue weighted by Crippen LogP contribution is 2.17. The van der Waals surface area contributed by atoms with E-state index in [0.29, 0.717) is 11.2 Å². The number of fused-ring (bicyclic) bond motifs is 1. The molecule has 0 aliphatic rings. The van der Waals surface area contributed by atoms with Gasteiger partial charge in [-0.15, -0.1) is 0 Å². The molecule has 0 atom stereocenters. The Labute approximate surface area is 86.9 Å². The molecule has 2 aromatic heterocycles. The normalized spacial score (nSPS) is 10.6. The number of oxazole rings is 1. The fourth-order valence-corrected chi connectivity index (χ4v) is 1.37. The summed E-state index contributed by atoms with van der Waals surface area (Å²) in [5, 5.41) is 8.52. The summed E-state index contributed by atoms with van der Waals surface area (Å²) < 4.78 is 5.89. The topological polar surface area (TPSA) is 76.2 Å². The molecule has 0 saturated carbocycles. The van der Waals surface area contributed by atoms with Crippen molar-refractivity contribution in [3.8, 4) is 0 Å². The smallest absolute Gasteiger partial charge is 0.312 e. The van der Waals surface area contributed by atoms with Gasteiger partial charge in [-0.3, -0.25) is 4.79 Å². The lowest BCUT2D eigenvalue weighted by Crippen LogP contribution is -1.99. The van der Waals surface area contributed by atoms with E-state index in [1.165, 1.54) is 0 Å². The van der Waals surface area contributed by atoms with Crippen LogP contribution in [-0.2, 0) is 11.2 Å². The Hall–Kier alpha value is -1.43. The molecule has 0 bridgehead atoms. The SMILES string of the molecule is O=C(O)Cc1nc2cc(Br)cnc2o1. The summed E-state index contributed by atoms with van der Waals surface area (Å²) in [6.45, 7) is 0. The first-order chi connectivity index (χ1) is 6.65. The van der Waals surface area contributed by atoms with Crippen LogP contribution in [0.2, 0.25) is 0 Å². The van der Waals surface area contributed by atoms with Crippen molar-refractivity contribution in [2.75, 3.05) is 0 Å². The molecule has 0 radical (unpaired) electrons. The second kappa shape index (κ2) is 3.38. The minimum atomic E-state index is -0.976. The van der Waals surface area contributed by atoms with Crippen molar-refractivity contribution in [3.05, 3.63) is 22.6 Å². The minimum Gasteiger partial charge on any atom is -0.481 e. The van der Waals surface area contributed by atoms with Gasteiger partial charge >= 0.3 is 5.97 Å². The number of hydrogen-bond acceptors (Lipinski definition) is 4. The third-order valence-electron chi connectivity index (χ3n) is 1.56. The molecule has 0 amide bonds. The number of carboxylic acids is 1. The second-order valence-electron chi connectivity index (χ2n) is 2.66. The molecule has 1 N–H and O–H groups in total. The zero-order valence-corrected chi connectivity index (χ0v) is 8.48. The van der Waals surface area contributed by atoms with E-state index in [9.17, 15) is 4.79 Å². The molecule has 0 aromatic carbocycles. The van der Waals surface area contributed by atoms with Crippen molar-refractivity contribution < 1.29 is 14.3 Å². The number of rotatable bonds is 2. The Morgan fingerprint density at radius 1 is 1.64 bits per heavy atom. The molecule has 0 saturated heterocycles. The average molecular weight is 257 g/mol. The Kier molecular flexibility index (Phi) is 2.20. The van der Waals surface area contributed by atoms with Crippen molar-refractivity contribution in [1.29, 1.82) is 0 Å². The lowest BCUT2D eigenvalue weighted by atomic mass is 10.4. The van der Waals surface area contributed by atoms with E-state index in [4.69, 9.17) is 9.52 Å². The van der Waals surface area contributed by atoms with Gasteiger partial charge in [0.2, 0.25) is 11.6 Å². The van der Waals surface area contributed by atoms with Crippen LogP contribution in [0.15, 0.2) is 21.2 Å². The Morgan fingerprint density at radius 2 is 2.43 bits per heavy atom. The highest BCUT2D eigenvalue weighted by molar-refractivity contribution is 9.10. The van der Waals surface area contributed by atoms with Crippen molar-refractivity contribution in [3.63, 3.8) is 0 Å². The van der Waals surface area contributed by atoms with Crippen LogP contribution >= 0.6 is 15.9 Å². The van der Waals surface area contributed by atoms with Gasteiger partial charge in [-0.25, -0.2) is 9.97 Å². The predicted octanol–water partition coefficient (Wildman–Crippen LogP) is 1.61. The number of pyridine rings is 1. The average Bonchev–Trinajstić information content (AvgIpc) is 2.44. The summed E-state index contributed by atoms with van der Waals surface area (Å²) in [6, 6.07) is 1.72. The molecule has 2 rings (SSSR count). The fourth-order valence-electron chi connectivity index (χ4n) is 1.05. The lowest BCUT2D eigenvalue weighted by Gasteiger charge is -1.85. The van der Waals surface area contributed by atoms with Crippen molar-refractivity contribution in [2.24, 2.45) is 0 Å². The molecule has 0 fully saturated rings. The van der Waals surface area contributed by atoms with Crippen LogP contribution in [0.25, 0.3) is 11.2 Å². The maximum atomic E-state index is 10.4. The molecule has 72 valence electrons. The van der Waals surface area contributed by atoms with Crippen LogP contribution < -0.4 is 0 Å². The Balaban J connectivity index is 2.46. The summed E-state index contributed by atoms with van der Waals surface area (Å²) in [6.07, 6.45) is 1.34. The molecule has 0 aliphatic carbocycles. The van der Waals surface area contributed by atoms with Gasteiger partial charge in [0.05, 0.1) is 0 Å². The number of aromatic nitrogens is 2. The molecule has 6 heteroatoms. The zero-order valence-electron chi connectivity index (χ0n) is 6.90. The molecule has 0 unspecified atom stereocenters. The monoisotopic (exact) mass is 256 g/mol. The van der Waals surface area contributed by atoms with E-state index in [1.807, 2.05) is 0 Å². The van der Waals surface area contributed by atoms with Gasteiger partial charge in [-0.1, -0.05) is 0 Å². The maximum absolute atomic E-state index is 10.4. The highest BCUT2D eigenvalue weighted by Gasteiger charge is 2.10. The molecule has 2 aromatic rings. The van der Waals surface area contributed by atoms with E-state index in [1.54, 1.807) is 12.3 Å².